The van der Waals surface area contributed by atoms with Crippen molar-refractivity contribution >= 4 is 29.9 Å². The van der Waals surface area contributed by atoms with Crippen LogP contribution in [0.25, 0.3) is 0 Å². The molecule has 0 spiro atoms. The molecule has 32 heavy (non-hydrogen) atoms. The van der Waals surface area contributed by atoms with E-state index in [0.29, 0.717) is 0 Å². The third-order valence-electron chi connectivity index (χ3n) is 7.27. The molecule has 0 radical (unpaired) electrons. The molecule has 0 heterocycles. The molecule has 1 aromatic carbocycles. The molecule has 0 saturated heterocycles. The molecule has 0 aliphatic heterocycles. The number of unbranched alkanes of at least 4 members (excludes halogenated alkanes) is 1. The fourth-order valence-electron chi connectivity index (χ4n) is 5.58. The van der Waals surface area contributed by atoms with Crippen LogP contribution in [0.4, 0.5) is 0 Å². The van der Waals surface area contributed by atoms with Crippen molar-refractivity contribution in [1.82, 2.24) is 0 Å². The minimum absolute atomic E-state index is 0.0185. The van der Waals surface area contributed by atoms with Gasteiger partial charge in [-0.05, 0) is 57.1 Å². The van der Waals surface area contributed by atoms with Crippen LogP contribution in [0.1, 0.15) is 79.1 Å². The van der Waals surface area contributed by atoms with Crippen molar-refractivity contribution in [3.8, 4) is 0 Å². The van der Waals surface area contributed by atoms with Crippen molar-refractivity contribution in [1.29, 1.82) is 0 Å². The van der Waals surface area contributed by atoms with Gasteiger partial charge in [-0.2, -0.15) is 0 Å². The second kappa shape index (κ2) is 12.0. The highest BCUT2D eigenvalue weighted by Gasteiger charge is 2.59. The summed E-state index contributed by atoms with van der Waals surface area (Å²) in [6.45, 7) is 26.5. The van der Waals surface area contributed by atoms with E-state index >= 15 is 0 Å². The maximum Gasteiger partial charge on any atom is 0.251 e. The molecule has 0 N–H and O–H groups in total. The Balaban J connectivity index is 3.87. The van der Waals surface area contributed by atoms with Gasteiger partial charge in [0.2, 0.25) is 0 Å². The first-order valence-electron chi connectivity index (χ1n) is 13.2. The highest BCUT2D eigenvalue weighted by atomic mass is 28.4. The monoisotopic (exact) mass is 494 g/mol. The van der Waals surface area contributed by atoms with Gasteiger partial charge in [0.1, 0.15) is 0 Å². The van der Waals surface area contributed by atoms with Gasteiger partial charge < -0.3 is 8.85 Å². The molecular weight excluding hydrogens is 441 g/mol. The van der Waals surface area contributed by atoms with E-state index in [2.05, 4.69) is 104 Å². The van der Waals surface area contributed by atoms with E-state index in [0.717, 1.165) is 32.1 Å². The van der Waals surface area contributed by atoms with Gasteiger partial charge in [-0.25, -0.2) is 0 Å². The quantitative estimate of drug-likeness (QED) is 0.228. The van der Waals surface area contributed by atoms with E-state index < -0.39 is 24.7 Å². The summed E-state index contributed by atoms with van der Waals surface area (Å²) in [7, 11) is -5.96. The SMILES string of the molecule is CCCCC(CC)(O[Si](C)(c1ccccc1)C(CCC)(CCC)O[Si](C)(C)C)[Si](C)(C)C. The van der Waals surface area contributed by atoms with E-state index in [1.54, 1.807) is 0 Å². The topological polar surface area (TPSA) is 18.5 Å². The number of benzene rings is 1. The Morgan fingerprint density at radius 2 is 1.19 bits per heavy atom. The molecule has 0 bridgehead atoms. The van der Waals surface area contributed by atoms with Crippen molar-refractivity contribution in [2.24, 2.45) is 0 Å². The molecule has 1 rings (SSSR count). The molecule has 186 valence electrons. The largest absolute Gasteiger partial charge is 0.412 e. The van der Waals surface area contributed by atoms with Crippen LogP contribution in [-0.2, 0) is 8.85 Å². The predicted molar refractivity (Wildman–Crippen MR) is 152 cm³/mol. The molecular formula is C27H54O2Si3. The zero-order valence-electron chi connectivity index (χ0n) is 23.4. The van der Waals surface area contributed by atoms with Crippen LogP contribution in [0.5, 0.6) is 0 Å². The normalized spacial score (nSPS) is 17.1. The van der Waals surface area contributed by atoms with Crippen molar-refractivity contribution in [2.45, 2.75) is 135 Å². The summed E-state index contributed by atoms with van der Waals surface area (Å²) in [4.78, 5) is 0. The Hall–Kier alpha value is -0.209. The van der Waals surface area contributed by atoms with Crippen molar-refractivity contribution in [2.75, 3.05) is 0 Å². The van der Waals surface area contributed by atoms with E-state index in [9.17, 15) is 0 Å². The van der Waals surface area contributed by atoms with Crippen LogP contribution in [0.2, 0.25) is 45.8 Å². The number of hydrogen-bond donors (Lipinski definition) is 0. The molecule has 0 amide bonds. The number of rotatable bonds is 15. The lowest BCUT2D eigenvalue weighted by Crippen LogP contribution is -2.74. The van der Waals surface area contributed by atoms with Crippen LogP contribution in [-0.4, -0.2) is 35.2 Å². The van der Waals surface area contributed by atoms with Gasteiger partial charge in [-0.1, -0.05) is 103 Å². The molecule has 2 unspecified atom stereocenters. The second-order valence-electron chi connectivity index (χ2n) is 11.9. The molecule has 0 aliphatic carbocycles. The standard InChI is InChI=1S/C27H54O2Si3/c1-12-16-24-26(15-4,30(5,6)7)29-32(11,25-20-18-17-19-21-25)27(22-13-2,23-14-3)28-31(8,9)10/h17-21H,12-16,22-24H2,1-11H3. The summed E-state index contributed by atoms with van der Waals surface area (Å²) < 4.78 is 15.2. The van der Waals surface area contributed by atoms with Gasteiger partial charge >= 0.3 is 0 Å². The summed E-state index contributed by atoms with van der Waals surface area (Å²) in [6.07, 6.45) is 9.16. The van der Waals surface area contributed by atoms with Crippen molar-refractivity contribution in [3.05, 3.63) is 30.3 Å². The Labute approximate surface area is 204 Å². The summed E-state index contributed by atoms with van der Waals surface area (Å²) in [5.74, 6) is 0. The Morgan fingerprint density at radius 3 is 1.56 bits per heavy atom. The summed E-state index contributed by atoms with van der Waals surface area (Å²) >= 11 is 0. The van der Waals surface area contributed by atoms with E-state index in [1.165, 1.54) is 24.4 Å². The van der Waals surface area contributed by atoms with Gasteiger partial charge in [0.05, 0.1) is 13.3 Å². The highest BCUT2D eigenvalue weighted by Crippen LogP contribution is 2.44. The fourth-order valence-corrected chi connectivity index (χ4v) is 16.6. The maximum atomic E-state index is 7.84. The van der Waals surface area contributed by atoms with Crippen LogP contribution in [0.3, 0.4) is 0 Å². The minimum Gasteiger partial charge on any atom is -0.412 e. The van der Waals surface area contributed by atoms with Crippen LogP contribution >= 0.6 is 0 Å². The van der Waals surface area contributed by atoms with E-state index in [4.69, 9.17) is 8.85 Å². The first-order chi connectivity index (χ1) is 14.8. The first-order valence-corrected chi connectivity index (χ1v) is 22.5. The average molecular weight is 495 g/mol. The second-order valence-corrected chi connectivity index (χ2v) is 25.5. The summed E-state index contributed by atoms with van der Waals surface area (Å²) in [5.41, 5.74) is 0. The minimum atomic E-state index is -2.53. The van der Waals surface area contributed by atoms with Gasteiger partial charge in [0, 0.05) is 5.22 Å². The molecule has 1 aromatic rings. The third-order valence-corrected chi connectivity index (χ3v) is 16.7. The lowest BCUT2D eigenvalue weighted by molar-refractivity contribution is 0.0478. The Bertz CT molecular complexity index is 660. The van der Waals surface area contributed by atoms with Crippen LogP contribution < -0.4 is 5.19 Å². The first kappa shape index (κ1) is 29.8. The van der Waals surface area contributed by atoms with Gasteiger partial charge in [0.15, 0.2) is 8.32 Å². The van der Waals surface area contributed by atoms with Crippen molar-refractivity contribution in [3.63, 3.8) is 0 Å². The number of hydrogen-bond acceptors (Lipinski definition) is 2. The van der Waals surface area contributed by atoms with Crippen molar-refractivity contribution < 1.29 is 8.85 Å². The summed E-state index contributed by atoms with van der Waals surface area (Å²) in [5, 5.41) is 1.21. The lowest BCUT2D eigenvalue weighted by atomic mass is 10.1. The molecule has 2 nitrogen and oxygen atoms in total. The molecule has 0 aromatic heterocycles. The van der Waals surface area contributed by atoms with Crippen LogP contribution in [0.15, 0.2) is 30.3 Å². The third kappa shape index (κ3) is 6.91. The summed E-state index contributed by atoms with van der Waals surface area (Å²) in [6, 6.07) is 11.2. The highest BCUT2D eigenvalue weighted by molar-refractivity contribution is 6.90. The molecule has 0 fully saturated rings. The Morgan fingerprint density at radius 1 is 0.656 bits per heavy atom. The van der Waals surface area contributed by atoms with E-state index in [1.807, 2.05) is 0 Å². The zero-order chi connectivity index (χ0) is 24.7. The van der Waals surface area contributed by atoms with Gasteiger partial charge in [0.25, 0.3) is 8.32 Å². The molecule has 0 saturated carbocycles. The predicted octanol–water partition coefficient (Wildman–Crippen LogP) is 8.43. The lowest BCUT2D eigenvalue weighted by Gasteiger charge is -2.56. The smallest absolute Gasteiger partial charge is 0.251 e. The average Bonchev–Trinajstić information content (AvgIpc) is 2.69. The van der Waals surface area contributed by atoms with Crippen LogP contribution in [0, 0.1) is 0 Å². The molecule has 2 atom stereocenters. The Kier molecular flexibility index (Phi) is 11.2. The molecule has 0 aliphatic rings. The van der Waals surface area contributed by atoms with Gasteiger partial charge in [-0.3, -0.25) is 0 Å². The maximum absolute atomic E-state index is 7.84. The van der Waals surface area contributed by atoms with Gasteiger partial charge in [-0.15, -0.1) is 0 Å². The van der Waals surface area contributed by atoms with E-state index in [-0.39, 0.29) is 10.4 Å². The molecule has 5 heteroatoms. The zero-order valence-corrected chi connectivity index (χ0v) is 26.4. The fraction of sp³-hybridized carbons (Fsp3) is 0.778.